The molecule has 3 N–H and O–H groups in total. The Morgan fingerprint density at radius 1 is 1.16 bits per heavy atom. The van der Waals surface area contributed by atoms with Crippen molar-refractivity contribution in [1.82, 2.24) is 30.1 Å². The molecule has 32 heavy (non-hydrogen) atoms. The number of aromatic nitrogens is 3. The first kappa shape index (κ1) is 20.6. The summed E-state index contributed by atoms with van der Waals surface area (Å²) in [5.41, 5.74) is 0.505. The molecule has 2 fully saturated rings. The van der Waals surface area contributed by atoms with E-state index in [1.54, 1.807) is 28.5 Å². The first-order chi connectivity index (χ1) is 15.5. The summed E-state index contributed by atoms with van der Waals surface area (Å²) in [4.78, 5) is 48.9. The summed E-state index contributed by atoms with van der Waals surface area (Å²) in [7, 11) is 0. The molecule has 0 saturated carbocycles. The number of carbonyl (C=O) groups is 2. The van der Waals surface area contributed by atoms with E-state index < -0.39 is 5.66 Å². The summed E-state index contributed by atoms with van der Waals surface area (Å²) < 4.78 is 7.01. The van der Waals surface area contributed by atoms with Crippen molar-refractivity contribution in [2.75, 3.05) is 44.7 Å². The van der Waals surface area contributed by atoms with Crippen LogP contribution in [0.25, 0.3) is 0 Å². The van der Waals surface area contributed by atoms with Gasteiger partial charge in [-0.1, -0.05) is 0 Å². The number of nitrogens with one attached hydrogen (secondary N) is 3. The third-order valence-corrected chi connectivity index (χ3v) is 6.25. The summed E-state index contributed by atoms with van der Waals surface area (Å²) in [5, 5.41) is 9.25. The number of hydrogen-bond acceptors (Lipinski definition) is 8. The molecule has 2 aromatic heterocycles. The monoisotopic (exact) mass is 439 g/mol. The molecular weight excluding hydrogens is 414 g/mol. The minimum absolute atomic E-state index is 0.172. The second-order valence-corrected chi connectivity index (χ2v) is 8.28. The Morgan fingerprint density at radius 3 is 2.66 bits per heavy atom. The molecule has 1 spiro atoms. The first-order valence-electron chi connectivity index (χ1n) is 10.7. The number of aryl methyl sites for hydroxylation is 1. The van der Waals surface area contributed by atoms with Crippen molar-refractivity contribution in [3.05, 3.63) is 45.8 Å². The van der Waals surface area contributed by atoms with Gasteiger partial charge in [0.2, 0.25) is 0 Å². The van der Waals surface area contributed by atoms with Crippen LogP contribution < -0.4 is 21.5 Å². The number of amides is 2. The van der Waals surface area contributed by atoms with E-state index in [1.807, 2.05) is 0 Å². The van der Waals surface area contributed by atoms with E-state index in [2.05, 4.69) is 25.9 Å². The highest BCUT2D eigenvalue weighted by Crippen LogP contribution is 2.33. The molecule has 0 aromatic carbocycles. The Hall–Kier alpha value is -3.31. The number of pyridine rings is 1. The second kappa shape index (κ2) is 7.99. The maximum Gasteiger partial charge on any atom is 0.276 e. The number of hydrogen-bond donors (Lipinski definition) is 3. The number of anilines is 2. The van der Waals surface area contributed by atoms with Crippen molar-refractivity contribution >= 4 is 23.3 Å². The van der Waals surface area contributed by atoms with E-state index in [4.69, 9.17) is 4.74 Å². The van der Waals surface area contributed by atoms with Gasteiger partial charge in [0.1, 0.15) is 34.9 Å². The fourth-order valence-electron chi connectivity index (χ4n) is 4.62. The Labute approximate surface area is 184 Å². The summed E-state index contributed by atoms with van der Waals surface area (Å²) >= 11 is 0. The Bertz CT molecular complexity index is 1130. The van der Waals surface area contributed by atoms with Crippen LogP contribution in [0.4, 0.5) is 11.5 Å². The van der Waals surface area contributed by atoms with Gasteiger partial charge in [-0.3, -0.25) is 19.0 Å². The molecule has 0 unspecified atom stereocenters. The molecule has 168 valence electrons. The highest BCUT2D eigenvalue weighted by atomic mass is 16.5. The predicted octanol–water partition coefficient (Wildman–Crippen LogP) is -0.0577. The van der Waals surface area contributed by atoms with Gasteiger partial charge < -0.3 is 25.6 Å². The lowest BCUT2D eigenvalue weighted by atomic mass is 10.0. The maximum atomic E-state index is 13.4. The van der Waals surface area contributed by atoms with Gasteiger partial charge in [-0.15, -0.1) is 0 Å². The average molecular weight is 439 g/mol. The fraction of sp³-hybridized carbons (Fsp3) is 0.476. The minimum Gasteiger partial charge on any atom is -0.381 e. The van der Waals surface area contributed by atoms with E-state index in [-0.39, 0.29) is 28.8 Å². The van der Waals surface area contributed by atoms with Crippen molar-refractivity contribution in [2.24, 2.45) is 0 Å². The van der Waals surface area contributed by atoms with Crippen LogP contribution >= 0.6 is 0 Å². The minimum atomic E-state index is -0.778. The van der Waals surface area contributed by atoms with Crippen molar-refractivity contribution in [3.63, 3.8) is 0 Å². The Morgan fingerprint density at radius 2 is 1.91 bits per heavy atom. The largest absolute Gasteiger partial charge is 0.381 e. The predicted molar refractivity (Wildman–Crippen MR) is 115 cm³/mol. The van der Waals surface area contributed by atoms with Crippen LogP contribution in [0.2, 0.25) is 0 Å². The van der Waals surface area contributed by atoms with Crippen molar-refractivity contribution < 1.29 is 14.3 Å². The SMILES string of the molecule is Cc1cc(Nc2cc(C(=O)N3CCNCC3)ncn2)c(=O)n2c1C(=O)NC21CCOCC1. The molecule has 2 aromatic rings. The van der Waals surface area contributed by atoms with Crippen LogP contribution in [0.5, 0.6) is 0 Å². The molecule has 0 bridgehead atoms. The summed E-state index contributed by atoms with van der Waals surface area (Å²) in [6.07, 6.45) is 2.34. The number of rotatable bonds is 3. The van der Waals surface area contributed by atoms with Crippen LogP contribution in [-0.2, 0) is 10.4 Å². The van der Waals surface area contributed by atoms with Gasteiger partial charge in [0.25, 0.3) is 17.4 Å². The Balaban J connectivity index is 1.48. The van der Waals surface area contributed by atoms with E-state index in [0.29, 0.717) is 56.2 Å². The molecule has 3 aliphatic heterocycles. The molecule has 11 heteroatoms. The number of fused-ring (bicyclic) bond motifs is 2. The molecule has 0 radical (unpaired) electrons. The highest BCUT2D eigenvalue weighted by Gasteiger charge is 2.45. The van der Waals surface area contributed by atoms with Gasteiger partial charge in [0, 0.05) is 45.1 Å². The van der Waals surface area contributed by atoms with Crippen molar-refractivity contribution in [2.45, 2.75) is 25.4 Å². The fourth-order valence-corrected chi connectivity index (χ4v) is 4.62. The lowest BCUT2D eigenvalue weighted by molar-refractivity contribution is 0.0120. The highest BCUT2D eigenvalue weighted by molar-refractivity contribution is 5.97. The van der Waals surface area contributed by atoms with Crippen molar-refractivity contribution in [1.29, 1.82) is 0 Å². The molecule has 0 aliphatic carbocycles. The van der Waals surface area contributed by atoms with Gasteiger partial charge in [0.05, 0.1) is 13.2 Å². The van der Waals surface area contributed by atoms with E-state index in [0.717, 1.165) is 13.1 Å². The Kier molecular flexibility index (Phi) is 5.14. The van der Waals surface area contributed by atoms with Crippen LogP contribution in [-0.4, -0.2) is 70.6 Å². The standard InChI is InChI=1S/C21H25N7O4/c1-13-10-15(20(31)28-17(13)18(29)26-21(28)2-8-32-9-3-21)25-16-11-14(23-12-24-16)19(30)27-6-4-22-5-7-27/h10-12,22H,2-9H2,1H3,(H,26,29)(H,23,24,25). The first-order valence-corrected chi connectivity index (χ1v) is 10.7. The molecule has 3 aliphatic rings. The van der Waals surface area contributed by atoms with Crippen LogP contribution in [0.15, 0.2) is 23.3 Å². The van der Waals surface area contributed by atoms with Gasteiger partial charge >= 0.3 is 0 Å². The van der Waals surface area contributed by atoms with Gasteiger partial charge in [0.15, 0.2) is 0 Å². The van der Waals surface area contributed by atoms with Gasteiger partial charge in [-0.2, -0.15) is 0 Å². The van der Waals surface area contributed by atoms with Gasteiger partial charge in [-0.25, -0.2) is 9.97 Å². The summed E-state index contributed by atoms with van der Waals surface area (Å²) in [6.45, 7) is 5.44. The summed E-state index contributed by atoms with van der Waals surface area (Å²) in [6, 6.07) is 3.19. The van der Waals surface area contributed by atoms with E-state index >= 15 is 0 Å². The summed E-state index contributed by atoms with van der Waals surface area (Å²) in [5.74, 6) is -0.0809. The third-order valence-electron chi connectivity index (χ3n) is 6.25. The molecular formula is C21H25N7O4. The number of ether oxygens (including phenoxy) is 1. The molecule has 5 rings (SSSR count). The molecule has 11 nitrogen and oxygen atoms in total. The molecule has 0 atom stereocenters. The molecule has 2 saturated heterocycles. The number of carbonyl (C=O) groups excluding carboxylic acids is 2. The molecule has 5 heterocycles. The second-order valence-electron chi connectivity index (χ2n) is 8.28. The lowest BCUT2D eigenvalue weighted by Gasteiger charge is -2.35. The van der Waals surface area contributed by atoms with E-state index in [1.165, 1.54) is 6.33 Å². The lowest BCUT2D eigenvalue weighted by Crippen LogP contribution is -2.51. The van der Waals surface area contributed by atoms with Crippen molar-refractivity contribution in [3.8, 4) is 0 Å². The normalized spacial score (nSPS) is 19.5. The van der Waals surface area contributed by atoms with Gasteiger partial charge in [-0.05, 0) is 18.6 Å². The average Bonchev–Trinajstić information content (AvgIpc) is 3.09. The van der Waals surface area contributed by atoms with E-state index in [9.17, 15) is 14.4 Å². The zero-order valence-corrected chi connectivity index (χ0v) is 17.8. The van der Waals surface area contributed by atoms with Crippen LogP contribution in [0.3, 0.4) is 0 Å². The van der Waals surface area contributed by atoms with Crippen LogP contribution in [0, 0.1) is 6.92 Å². The maximum absolute atomic E-state index is 13.4. The topological polar surface area (TPSA) is 130 Å². The molecule has 2 amide bonds. The number of piperazine rings is 1. The third kappa shape index (κ3) is 3.43. The number of nitrogens with zero attached hydrogens (tertiary/aromatic N) is 4. The van der Waals surface area contributed by atoms with Crippen LogP contribution in [0.1, 0.15) is 39.4 Å². The zero-order chi connectivity index (χ0) is 22.3. The quantitative estimate of drug-likeness (QED) is 0.607. The zero-order valence-electron chi connectivity index (χ0n) is 17.8. The smallest absolute Gasteiger partial charge is 0.276 e.